The molecular weight excluding hydrogens is 242 g/mol. The number of nitrogens with zero attached hydrogens (tertiary/aromatic N) is 1. The molecule has 0 radical (unpaired) electrons. The molecule has 0 aliphatic carbocycles. The number of aromatic carboxylic acids is 1. The van der Waals surface area contributed by atoms with Crippen molar-refractivity contribution in [2.75, 3.05) is 6.61 Å². The summed E-state index contributed by atoms with van der Waals surface area (Å²) >= 11 is 5.70. The molecule has 0 bridgehead atoms. The summed E-state index contributed by atoms with van der Waals surface area (Å²) in [5, 5.41) is 8.98. The predicted molar refractivity (Wildman–Crippen MR) is 65.8 cm³/mol. The first-order valence-electron chi connectivity index (χ1n) is 5.52. The second kappa shape index (κ2) is 6.45. The van der Waals surface area contributed by atoms with Crippen LogP contribution in [0.25, 0.3) is 0 Å². The highest BCUT2D eigenvalue weighted by Crippen LogP contribution is 2.19. The molecule has 0 saturated carbocycles. The van der Waals surface area contributed by atoms with E-state index >= 15 is 0 Å². The van der Waals surface area contributed by atoms with Gasteiger partial charge in [-0.15, -0.1) is 0 Å². The summed E-state index contributed by atoms with van der Waals surface area (Å²) in [7, 11) is 0. The van der Waals surface area contributed by atoms with Crippen LogP contribution in [-0.4, -0.2) is 22.7 Å². The first-order valence-corrected chi connectivity index (χ1v) is 5.90. The number of carboxylic acid groups (broad SMARTS) is 1. The summed E-state index contributed by atoms with van der Waals surface area (Å²) in [4.78, 5) is 14.7. The van der Waals surface area contributed by atoms with Gasteiger partial charge in [-0.3, -0.25) is 0 Å². The average molecular weight is 258 g/mol. The van der Waals surface area contributed by atoms with E-state index in [1.54, 1.807) is 0 Å². The number of ether oxygens (including phenoxy) is 1. The minimum Gasteiger partial charge on any atom is -0.478 e. The quantitative estimate of drug-likeness (QED) is 0.795. The molecule has 0 spiro atoms. The van der Waals surface area contributed by atoms with Gasteiger partial charge < -0.3 is 9.84 Å². The highest BCUT2D eigenvalue weighted by atomic mass is 35.5. The summed E-state index contributed by atoms with van der Waals surface area (Å²) in [6.45, 7) is 4.82. The number of carboxylic acids is 1. The molecule has 0 saturated heterocycles. The molecule has 17 heavy (non-hydrogen) atoms. The van der Waals surface area contributed by atoms with Gasteiger partial charge in [0.25, 0.3) is 0 Å². The Balaban J connectivity index is 2.54. The smallest absolute Gasteiger partial charge is 0.337 e. The molecule has 0 unspecified atom stereocenters. The van der Waals surface area contributed by atoms with Gasteiger partial charge in [-0.1, -0.05) is 25.4 Å². The molecule has 0 aromatic carbocycles. The number of halogens is 1. The van der Waals surface area contributed by atoms with Crippen LogP contribution in [0.4, 0.5) is 0 Å². The van der Waals surface area contributed by atoms with Gasteiger partial charge in [0.05, 0.1) is 23.4 Å². The van der Waals surface area contributed by atoms with E-state index in [-0.39, 0.29) is 10.6 Å². The summed E-state index contributed by atoms with van der Waals surface area (Å²) in [6, 6.07) is 1.35. The fourth-order valence-electron chi connectivity index (χ4n) is 1.33. The van der Waals surface area contributed by atoms with Crippen molar-refractivity contribution in [3.05, 3.63) is 22.8 Å². The molecule has 1 aromatic heterocycles. The van der Waals surface area contributed by atoms with E-state index in [0.29, 0.717) is 18.4 Å². The standard InChI is InChI=1S/C12H16ClNO3/c1-8(2)4-3-5-17-11-6-9(12(15)16)10(13)7-14-11/h6-8H,3-5H2,1-2H3,(H,15,16). The van der Waals surface area contributed by atoms with E-state index in [2.05, 4.69) is 18.8 Å². The zero-order valence-electron chi connectivity index (χ0n) is 9.94. The lowest BCUT2D eigenvalue weighted by Crippen LogP contribution is -2.04. The monoisotopic (exact) mass is 257 g/mol. The predicted octanol–water partition coefficient (Wildman–Crippen LogP) is 3.25. The van der Waals surface area contributed by atoms with Crippen molar-refractivity contribution in [2.24, 2.45) is 5.92 Å². The second-order valence-electron chi connectivity index (χ2n) is 4.19. The molecule has 0 amide bonds. The van der Waals surface area contributed by atoms with Gasteiger partial charge in [-0.2, -0.15) is 0 Å². The van der Waals surface area contributed by atoms with Crippen molar-refractivity contribution in [1.29, 1.82) is 0 Å². The molecule has 0 atom stereocenters. The molecule has 0 aliphatic heterocycles. The molecule has 94 valence electrons. The van der Waals surface area contributed by atoms with Crippen molar-refractivity contribution in [2.45, 2.75) is 26.7 Å². The van der Waals surface area contributed by atoms with Crippen LogP contribution < -0.4 is 4.74 Å². The number of rotatable bonds is 6. The lowest BCUT2D eigenvalue weighted by molar-refractivity contribution is 0.0696. The maximum absolute atomic E-state index is 10.8. The fourth-order valence-corrected chi connectivity index (χ4v) is 1.51. The summed E-state index contributed by atoms with van der Waals surface area (Å²) in [5.41, 5.74) is 0.0144. The van der Waals surface area contributed by atoms with Crippen LogP contribution in [-0.2, 0) is 0 Å². The van der Waals surface area contributed by atoms with Crippen LogP contribution >= 0.6 is 11.6 Å². The van der Waals surface area contributed by atoms with Gasteiger partial charge in [0.1, 0.15) is 0 Å². The van der Waals surface area contributed by atoms with Crippen LogP contribution in [0.3, 0.4) is 0 Å². The average Bonchev–Trinajstić information content (AvgIpc) is 2.25. The number of hydrogen-bond donors (Lipinski definition) is 1. The van der Waals surface area contributed by atoms with Crippen molar-refractivity contribution in [3.8, 4) is 5.88 Å². The van der Waals surface area contributed by atoms with E-state index in [9.17, 15) is 4.79 Å². The minimum absolute atomic E-state index is 0.0144. The van der Waals surface area contributed by atoms with Gasteiger partial charge in [0, 0.05) is 6.07 Å². The zero-order valence-corrected chi connectivity index (χ0v) is 10.7. The van der Waals surface area contributed by atoms with Crippen LogP contribution in [0.15, 0.2) is 12.3 Å². The Hall–Kier alpha value is -1.29. The molecule has 1 rings (SSSR count). The molecule has 1 N–H and O–H groups in total. The van der Waals surface area contributed by atoms with Gasteiger partial charge in [-0.05, 0) is 18.8 Å². The molecule has 4 nitrogen and oxygen atoms in total. The highest BCUT2D eigenvalue weighted by molar-refractivity contribution is 6.33. The third-order valence-corrected chi connectivity index (χ3v) is 2.54. The van der Waals surface area contributed by atoms with Crippen molar-refractivity contribution in [3.63, 3.8) is 0 Å². The van der Waals surface area contributed by atoms with Gasteiger partial charge in [-0.25, -0.2) is 9.78 Å². The molecule has 0 fully saturated rings. The lowest BCUT2D eigenvalue weighted by atomic mass is 10.1. The summed E-state index contributed by atoms with van der Waals surface area (Å²) in [6.07, 6.45) is 3.28. The van der Waals surface area contributed by atoms with E-state index in [4.69, 9.17) is 21.4 Å². The Morgan fingerprint density at radius 2 is 2.29 bits per heavy atom. The SMILES string of the molecule is CC(C)CCCOc1cc(C(=O)O)c(Cl)cn1. The molecular formula is C12H16ClNO3. The third-order valence-electron chi connectivity index (χ3n) is 2.24. The lowest BCUT2D eigenvalue weighted by Gasteiger charge is -2.07. The summed E-state index contributed by atoms with van der Waals surface area (Å²) < 4.78 is 5.37. The largest absolute Gasteiger partial charge is 0.478 e. The van der Waals surface area contributed by atoms with Gasteiger partial charge >= 0.3 is 5.97 Å². The van der Waals surface area contributed by atoms with E-state index in [1.807, 2.05) is 0 Å². The maximum Gasteiger partial charge on any atom is 0.337 e. The van der Waals surface area contributed by atoms with Crippen LogP contribution in [0.2, 0.25) is 5.02 Å². The normalized spacial score (nSPS) is 10.6. The Morgan fingerprint density at radius 1 is 1.59 bits per heavy atom. The van der Waals surface area contributed by atoms with E-state index in [0.717, 1.165) is 12.8 Å². The van der Waals surface area contributed by atoms with E-state index < -0.39 is 5.97 Å². The Bertz CT molecular complexity index is 393. The van der Waals surface area contributed by atoms with Gasteiger partial charge in [0.15, 0.2) is 0 Å². The number of aromatic nitrogens is 1. The molecule has 5 heteroatoms. The van der Waals surface area contributed by atoms with Crippen molar-refractivity contribution >= 4 is 17.6 Å². The minimum atomic E-state index is -1.08. The van der Waals surface area contributed by atoms with Crippen LogP contribution in [0.5, 0.6) is 5.88 Å². The Morgan fingerprint density at radius 3 is 2.88 bits per heavy atom. The first kappa shape index (κ1) is 13.8. The molecule has 0 aliphatic rings. The first-order chi connectivity index (χ1) is 8.00. The number of pyridine rings is 1. The van der Waals surface area contributed by atoms with Crippen molar-refractivity contribution in [1.82, 2.24) is 4.98 Å². The summed E-state index contributed by atoms with van der Waals surface area (Å²) in [5.74, 6) is -0.147. The second-order valence-corrected chi connectivity index (χ2v) is 4.60. The van der Waals surface area contributed by atoms with E-state index in [1.165, 1.54) is 12.3 Å². The zero-order chi connectivity index (χ0) is 12.8. The topological polar surface area (TPSA) is 59.4 Å². The van der Waals surface area contributed by atoms with Crippen LogP contribution in [0.1, 0.15) is 37.0 Å². The molecule has 1 aromatic rings. The Kier molecular flexibility index (Phi) is 5.22. The third kappa shape index (κ3) is 4.61. The van der Waals surface area contributed by atoms with Gasteiger partial charge in [0.2, 0.25) is 5.88 Å². The van der Waals surface area contributed by atoms with Crippen LogP contribution in [0, 0.1) is 5.92 Å². The number of hydrogen-bond acceptors (Lipinski definition) is 3. The molecule has 1 heterocycles. The number of carbonyl (C=O) groups is 1. The maximum atomic E-state index is 10.8. The fraction of sp³-hybridized carbons (Fsp3) is 0.500. The highest BCUT2D eigenvalue weighted by Gasteiger charge is 2.10. The Labute approximate surface area is 106 Å². The van der Waals surface area contributed by atoms with Crippen molar-refractivity contribution < 1.29 is 14.6 Å².